The molecule has 1 aromatic heterocycles. The maximum Gasteiger partial charge on any atom is 0.0726 e. The number of anilines is 3. The molecule has 12 aromatic rings. The van der Waals surface area contributed by atoms with E-state index in [9.17, 15) is 0 Å². The van der Waals surface area contributed by atoms with Gasteiger partial charge in [-0.1, -0.05) is 182 Å². The van der Waals surface area contributed by atoms with Crippen LogP contribution in [-0.4, -0.2) is 0 Å². The Balaban J connectivity index is 0.990. The van der Waals surface area contributed by atoms with Crippen LogP contribution in [-0.2, 0) is 5.41 Å². The fraction of sp³-hybridized carbons (Fsp3) is 0.0159. The Morgan fingerprint density at radius 1 is 0.308 bits per heavy atom. The van der Waals surface area contributed by atoms with Gasteiger partial charge in [-0.05, 0) is 143 Å². The van der Waals surface area contributed by atoms with Crippen molar-refractivity contribution in [3.8, 4) is 44.5 Å². The van der Waals surface area contributed by atoms with Gasteiger partial charge in [0.25, 0.3) is 0 Å². The lowest BCUT2D eigenvalue weighted by Gasteiger charge is -2.32. The summed E-state index contributed by atoms with van der Waals surface area (Å²) >= 11 is 1.88. The number of rotatable bonds is 5. The van der Waals surface area contributed by atoms with E-state index in [0.717, 1.165) is 11.4 Å². The Morgan fingerprint density at radius 2 is 0.815 bits per heavy atom. The molecule has 2 heteroatoms. The van der Waals surface area contributed by atoms with E-state index in [0.29, 0.717) is 0 Å². The van der Waals surface area contributed by atoms with Crippen LogP contribution in [0.25, 0.3) is 86.2 Å². The third-order valence-corrected chi connectivity index (χ3v) is 15.5. The molecule has 302 valence electrons. The van der Waals surface area contributed by atoms with Gasteiger partial charge in [-0.2, -0.15) is 0 Å². The third kappa shape index (κ3) is 5.26. The zero-order chi connectivity index (χ0) is 42.6. The Morgan fingerprint density at radius 3 is 1.49 bits per heavy atom. The molecule has 65 heavy (non-hydrogen) atoms. The molecule has 1 heterocycles. The highest BCUT2D eigenvalue weighted by Gasteiger charge is 2.51. The molecule has 0 atom stereocenters. The molecule has 0 saturated heterocycles. The van der Waals surface area contributed by atoms with Crippen molar-refractivity contribution >= 4 is 70.1 Å². The molecule has 2 aliphatic carbocycles. The molecule has 0 saturated carbocycles. The van der Waals surface area contributed by atoms with Crippen molar-refractivity contribution in [1.29, 1.82) is 0 Å². The van der Waals surface area contributed by atoms with Crippen LogP contribution in [0.2, 0.25) is 0 Å². The standard InChI is InChI=1S/C63H39NS/c1-2-15-42-36-45(29-28-40(42)14-1)55-38-44-17-4-3-16-43(44)37-54(55)41-30-32-46(33-31-41)64(60-26-13-22-53-52-21-8-12-27-61(52)65-62(53)60)47-34-35-51-50-20-7-11-25-58(50)63(59(51)39-47)56-23-9-5-18-48(56)49-19-6-10-24-57(49)63/h1-39H. The highest BCUT2D eigenvalue weighted by atomic mass is 32.1. The average molecular weight is 842 g/mol. The summed E-state index contributed by atoms with van der Waals surface area (Å²) in [6, 6.07) is 88.4. The largest absolute Gasteiger partial charge is 0.309 e. The van der Waals surface area contributed by atoms with Gasteiger partial charge in [0.05, 0.1) is 15.8 Å². The van der Waals surface area contributed by atoms with Crippen molar-refractivity contribution in [1.82, 2.24) is 0 Å². The van der Waals surface area contributed by atoms with Gasteiger partial charge in [0.2, 0.25) is 0 Å². The third-order valence-electron chi connectivity index (χ3n) is 14.2. The summed E-state index contributed by atoms with van der Waals surface area (Å²) in [7, 11) is 0. The Kier molecular flexibility index (Phi) is 7.84. The fourth-order valence-electron chi connectivity index (χ4n) is 11.4. The number of thiophene rings is 1. The van der Waals surface area contributed by atoms with Gasteiger partial charge in [-0.25, -0.2) is 0 Å². The van der Waals surface area contributed by atoms with E-state index >= 15 is 0 Å². The molecular weight excluding hydrogens is 803 g/mol. The van der Waals surface area contributed by atoms with Gasteiger partial charge >= 0.3 is 0 Å². The molecule has 2 aliphatic rings. The normalized spacial score (nSPS) is 13.0. The maximum atomic E-state index is 2.51. The minimum absolute atomic E-state index is 0.441. The van der Waals surface area contributed by atoms with Crippen LogP contribution < -0.4 is 4.90 Å². The van der Waals surface area contributed by atoms with Gasteiger partial charge < -0.3 is 4.90 Å². The summed E-state index contributed by atoms with van der Waals surface area (Å²) in [4.78, 5) is 2.51. The lowest BCUT2D eigenvalue weighted by molar-refractivity contribution is 0.793. The first kappa shape index (κ1) is 36.4. The molecule has 0 radical (unpaired) electrons. The average Bonchev–Trinajstić information content (AvgIpc) is 4.01. The highest BCUT2D eigenvalue weighted by Crippen LogP contribution is 2.63. The molecule has 1 spiro atoms. The lowest BCUT2D eigenvalue weighted by Crippen LogP contribution is -2.26. The lowest BCUT2D eigenvalue weighted by atomic mass is 9.70. The van der Waals surface area contributed by atoms with E-state index in [4.69, 9.17) is 0 Å². The predicted octanol–water partition coefficient (Wildman–Crippen LogP) is 17.5. The minimum atomic E-state index is -0.441. The fourth-order valence-corrected chi connectivity index (χ4v) is 12.6. The zero-order valence-corrected chi connectivity index (χ0v) is 36.2. The molecule has 0 aliphatic heterocycles. The predicted molar refractivity (Wildman–Crippen MR) is 276 cm³/mol. The molecule has 14 rings (SSSR count). The summed E-state index contributed by atoms with van der Waals surface area (Å²) in [5.41, 5.74) is 18.5. The van der Waals surface area contributed by atoms with E-state index in [2.05, 4.69) is 241 Å². The number of benzene rings is 11. The monoisotopic (exact) mass is 841 g/mol. The van der Waals surface area contributed by atoms with Crippen LogP contribution in [0.5, 0.6) is 0 Å². The van der Waals surface area contributed by atoms with Crippen molar-refractivity contribution in [2.24, 2.45) is 0 Å². The molecule has 0 unspecified atom stereocenters. The van der Waals surface area contributed by atoms with E-state index in [1.807, 2.05) is 11.3 Å². The molecular formula is C63H39NS. The van der Waals surface area contributed by atoms with Gasteiger partial charge in [-0.15, -0.1) is 11.3 Å². The number of hydrogen-bond donors (Lipinski definition) is 0. The zero-order valence-electron chi connectivity index (χ0n) is 35.4. The van der Waals surface area contributed by atoms with Crippen molar-refractivity contribution in [3.05, 3.63) is 259 Å². The molecule has 0 bridgehead atoms. The molecule has 1 nitrogen and oxygen atoms in total. The molecule has 0 N–H and O–H groups in total. The van der Waals surface area contributed by atoms with Gasteiger partial charge in [0.1, 0.15) is 0 Å². The maximum absolute atomic E-state index is 2.51. The second kappa shape index (κ2) is 14.0. The van der Waals surface area contributed by atoms with Crippen LogP contribution in [0.4, 0.5) is 17.1 Å². The van der Waals surface area contributed by atoms with Crippen molar-refractivity contribution in [3.63, 3.8) is 0 Å². The van der Waals surface area contributed by atoms with Crippen molar-refractivity contribution in [2.75, 3.05) is 4.90 Å². The second-order valence-electron chi connectivity index (χ2n) is 17.6. The van der Waals surface area contributed by atoms with Crippen LogP contribution in [0.1, 0.15) is 22.3 Å². The summed E-state index contributed by atoms with van der Waals surface area (Å²) in [6.45, 7) is 0. The first-order valence-electron chi connectivity index (χ1n) is 22.5. The number of nitrogens with zero attached hydrogens (tertiary/aromatic N) is 1. The van der Waals surface area contributed by atoms with E-state index < -0.39 is 5.41 Å². The summed E-state index contributed by atoms with van der Waals surface area (Å²) in [5, 5.41) is 7.54. The van der Waals surface area contributed by atoms with Gasteiger partial charge in [0, 0.05) is 26.8 Å². The summed E-state index contributed by atoms with van der Waals surface area (Å²) in [5.74, 6) is 0. The van der Waals surface area contributed by atoms with Gasteiger partial charge in [-0.3, -0.25) is 0 Å². The van der Waals surface area contributed by atoms with Crippen molar-refractivity contribution in [2.45, 2.75) is 5.41 Å². The molecule has 0 amide bonds. The topological polar surface area (TPSA) is 3.24 Å². The first-order chi connectivity index (χ1) is 32.2. The smallest absolute Gasteiger partial charge is 0.0726 e. The Bertz CT molecular complexity index is 3850. The number of fused-ring (bicyclic) bond motifs is 15. The second-order valence-corrected chi connectivity index (χ2v) is 18.6. The Labute approximate surface area is 381 Å². The number of hydrogen-bond acceptors (Lipinski definition) is 2. The van der Waals surface area contributed by atoms with Gasteiger partial charge in [0.15, 0.2) is 0 Å². The van der Waals surface area contributed by atoms with Crippen LogP contribution >= 0.6 is 11.3 Å². The van der Waals surface area contributed by atoms with Crippen LogP contribution in [0.15, 0.2) is 237 Å². The summed E-state index contributed by atoms with van der Waals surface area (Å²) < 4.78 is 2.58. The molecule has 11 aromatic carbocycles. The SMILES string of the molecule is c1ccc2c(c1)-c1ccccc1C21c2ccccc2-c2ccc(N(c3ccc(-c4cc5ccccc5cc4-c4ccc5ccccc5c4)cc3)c3cccc4c3sc3ccccc34)cc21. The highest BCUT2D eigenvalue weighted by molar-refractivity contribution is 7.26. The van der Waals surface area contributed by atoms with Crippen LogP contribution in [0.3, 0.4) is 0 Å². The quantitative estimate of drug-likeness (QED) is 0.167. The minimum Gasteiger partial charge on any atom is -0.309 e. The van der Waals surface area contributed by atoms with E-state index in [1.54, 1.807) is 0 Å². The molecule has 0 fully saturated rings. The van der Waals surface area contributed by atoms with E-state index in [-0.39, 0.29) is 0 Å². The van der Waals surface area contributed by atoms with E-state index in [1.165, 1.54) is 114 Å². The Hall–Kier alpha value is -8.04. The van der Waals surface area contributed by atoms with Crippen molar-refractivity contribution < 1.29 is 0 Å². The first-order valence-corrected chi connectivity index (χ1v) is 23.3. The summed E-state index contributed by atoms with van der Waals surface area (Å²) in [6.07, 6.45) is 0. The van der Waals surface area contributed by atoms with Crippen LogP contribution in [0, 0.1) is 0 Å².